The Morgan fingerprint density at radius 1 is 1.21 bits per heavy atom. The predicted molar refractivity (Wildman–Crippen MR) is 102 cm³/mol. The second-order valence-corrected chi connectivity index (χ2v) is 7.14. The first-order chi connectivity index (χ1) is 13.1. The van der Waals surface area contributed by atoms with E-state index in [1.807, 2.05) is 0 Å². The zero-order chi connectivity index (χ0) is 20.6. The Labute approximate surface area is 162 Å². The summed E-state index contributed by atoms with van der Waals surface area (Å²) in [5.41, 5.74) is -0.651. The molecule has 1 aliphatic heterocycles. The average molecular weight is 386 g/mol. The smallest absolute Gasteiger partial charge is 0.193 e. The van der Waals surface area contributed by atoms with Crippen LogP contribution >= 0.6 is 0 Å². The molecule has 2 aromatic carbocycles. The minimum absolute atomic E-state index is 0.0168. The maximum Gasteiger partial charge on any atom is 0.193 e. The van der Waals surface area contributed by atoms with Crippen LogP contribution in [0.5, 0.6) is 23.0 Å². The molecule has 148 valence electrons. The van der Waals surface area contributed by atoms with Crippen LogP contribution in [-0.2, 0) is 0 Å². The summed E-state index contributed by atoms with van der Waals surface area (Å²) in [6, 6.07) is 7.51. The largest absolute Gasteiger partial charge is 0.508 e. The molecular weight excluding hydrogens is 364 g/mol. The van der Waals surface area contributed by atoms with Crippen molar-refractivity contribution >= 4 is 11.9 Å². The highest BCUT2D eigenvalue weighted by atomic mass is 16.5. The first kappa shape index (κ1) is 19.7. The molecule has 7 nitrogen and oxygen atoms in total. The number of aliphatic hydroxyl groups excluding tert-OH is 1. The number of carbonyl (C=O) groups is 1. The number of benzene rings is 2. The number of phenols is 2. The first-order valence-corrected chi connectivity index (χ1v) is 8.66. The fourth-order valence-corrected chi connectivity index (χ4v) is 3.15. The zero-order valence-corrected chi connectivity index (χ0v) is 15.7. The third kappa shape index (κ3) is 3.54. The Bertz CT molecular complexity index is 923. The van der Waals surface area contributed by atoms with Gasteiger partial charge in [-0.3, -0.25) is 4.79 Å². The van der Waals surface area contributed by atoms with Crippen LogP contribution in [0.3, 0.4) is 0 Å². The summed E-state index contributed by atoms with van der Waals surface area (Å²) in [5.74, 6) is -0.575. The lowest BCUT2D eigenvalue weighted by Crippen LogP contribution is -2.41. The van der Waals surface area contributed by atoms with Gasteiger partial charge in [0, 0.05) is 6.07 Å². The van der Waals surface area contributed by atoms with Gasteiger partial charge in [-0.1, -0.05) is 18.2 Å². The van der Waals surface area contributed by atoms with Crippen molar-refractivity contribution in [2.24, 2.45) is 0 Å². The number of aliphatic hydroxyl groups is 2. The Morgan fingerprint density at radius 3 is 2.43 bits per heavy atom. The summed E-state index contributed by atoms with van der Waals surface area (Å²) in [4.78, 5) is 12.9. The van der Waals surface area contributed by atoms with Crippen molar-refractivity contribution in [2.45, 2.75) is 31.7 Å². The topological polar surface area (TPSA) is 116 Å². The highest BCUT2D eigenvalue weighted by Crippen LogP contribution is 2.50. The molecule has 3 rings (SSSR count). The highest BCUT2D eigenvalue weighted by molar-refractivity contribution is 6.11. The van der Waals surface area contributed by atoms with Gasteiger partial charge in [0.2, 0.25) is 0 Å². The SMILES string of the molecule is COc1cc(O)c2c(c1C(=O)/C=C/c1ccc(O)cc1)O[C@@H](C(C)(C)O)[C@H]2O. The highest BCUT2D eigenvalue weighted by Gasteiger charge is 2.46. The van der Waals surface area contributed by atoms with E-state index in [1.165, 1.54) is 45.2 Å². The van der Waals surface area contributed by atoms with E-state index in [0.29, 0.717) is 5.56 Å². The normalized spacial score (nSPS) is 18.8. The maximum absolute atomic E-state index is 12.9. The summed E-state index contributed by atoms with van der Waals surface area (Å²) < 4.78 is 10.9. The molecule has 0 fully saturated rings. The van der Waals surface area contributed by atoms with Gasteiger partial charge in [-0.15, -0.1) is 0 Å². The number of carbonyl (C=O) groups excluding carboxylic acids is 1. The lowest BCUT2D eigenvalue weighted by Gasteiger charge is -2.27. The van der Waals surface area contributed by atoms with Crippen molar-refractivity contribution in [1.82, 2.24) is 0 Å². The van der Waals surface area contributed by atoms with Crippen molar-refractivity contribution in [1.29, 1.82) is 0 Å². The van der Waals surface area contributed by atoms with Gasteiger partial charge in [0.15, 0.2) is 11.9 Å². The van der Waals surface area contributed by atoms with Crippen LogP contribution in [0, 0.1) is 0 Å². The van der Waals surface area contributed by atoms with Crippen LogP contribution in [0.1, 0.15) is 41.4 Å². The van der Waals surface area contributed by atoms with E-state index < -0.39 is 23.6 Å². The standard InChI is InChI=1S/C21H22O7/c1-21(2,26)20-18(25)17-14(24)10-15(27-3)16(19(17)28-20)13(23)9-6-11-4-7-12(22)8-5-11/h4-10,18,20,22,24-26H,1-3H3/b9-6+/t18-,20+/m0/s1. The number of fused-ring (bicyclic) bond motifs is 1. The van der Waals surface area contributed by atoms with Gasteiger partial charge in [-0.2, -0.15) is 0 Å². The zero-order valence-electron chi connectivity index (χ0n) is 15.7. The number of ketones is 1. The Balaban J connectivity index is 2.04. The van der Waals surface area contributed by atoms with Gasteiger partial charge < -0.3 is 29.9 Å². The predicted octanol–water partition coefficient (Wildman–Crippen LogP) is 2.57. The van der Waals surface area contributed by atoms with Crippen molar-refractivity contribution in [2.75, 3.05) is 7.11 Å². The van der Waals surface area contributed by atoms with Gasteiger partial charge in [0.1, 0.15) is 34.7 Å². The second kappa shape index (κ2) is 7.18. The molecular formula is C21H22O7. The molecule has 1 heterocycles. The number of aromatic hydroxyl groups is 2. The Morgan fingerprint density at radius 2 is 1.86 bits per heavy atom. The van der Waals surface area contributed by atoms with E-state index in [0.717, 1.165) is 0 Å². The van der Waals surface area contributed by atoms with Gasteiger partial charge in [0.05, 0.1) is 18.3 Å². The molecule has 0 aromatic heterocycles. The fourth-order valence-electron chi connectivity index (χ4n) is 3.15. The summed E-state index contributed by atoms with van der Waals surface area (Å²) in [7, 11) is 1.35. The van der Waals surface area contributed by atoms with E-state index in [4.69, 9.17) is 9.47 Å². The molecule has 2 aromatic rings. The van der Waals surface area contributed by atoms with Gasteiger partial charge in [-0.25, -0.2) is 0 Å². The van der Waals surface area contributed by atoms with Gasteiger partial charge in [0.25, 0.3) is 0 Å². The quantitative estimate of drug-likeness (QED) is 0.461. The van der Waals surface area contributed by atoms with Gasteiger partial charge >= 0.3 is 0 Å². The van der Waals surface area contributed by atoms with Crippen LogP contribution in [0.2, 0.25) is 0 Å². The summed E-state index contributed by atoms with van der Waals surface area (Å²) in [6.45, 7) is 2.93. The molecule has 0 saturated carbocycles. The molecule has 2 atom stereocenters. The molecule has 1 aliphatic rings. The Hall–Kier alpha value is -3.03. The summed E-state index contributed by atoms with van der Waals surface area (Å²) >= 11 is 0. The van der Waals surface area contributed by atoms with Crippen LogP contribution < -0.4 is 9.47 Å². The molecule has 0 aliphatic carbocycles. The monoisotopic (exact) mass is 386 g/mol. The number of methoxy groups -OCH3 is 1. The molecule has 28 heavy (non-hydrogen) atoms. The summed E-state index contributed by atoms with van der Waals surface area (Å²) in [6.07, 6.45) is 0.482. The van der Waals surface area contributed by atoms with E-state index in [-0.39, 0.29) is 34.1 Å². The van der Waals surface area contributed by atoms with Crippen LogP contribution in [0.4, 0.5) is 0 Å². The molecule has 7 heteroatoms. The summed E-state index contributed by atoms with van der Waals surface area (Å²) in [5, 5.41) is 40.4. The van der Waals surface area contributed by atoms with E-state index in [2.05, 4.69) is 0 Å². The number of hydrogen-bond acceptors (Lipinski definition) is 7. The molecule has 0 bridgehead atoms. The number of ether oxygens (including phenoxy) is 2. The van der Waals surface area contributed by atoms with Crippen molar-refractivity contribution in [3.63, 3.8) is 0 Å². The van der Waals surface area contributed by atoms with Gasteiger partial charge in [-0.05, 0) is 37.6 Å². The van der Waals surface area contributed by atoms with E-state index in [9.17, 15) is 25.2 Å². The molecule has 0 radical (unpaired) electrons. The van der Waals surface area contributed by atoms with Crippen molar-refractivity contribution < 1.29 is 34.7 Å². The number of phenolic OH excluding ortho intramolecular Hbond substituents is 2. The number of rotatable bonds is 5. The number of allylic oxidation sites excluding steroid dienone is 1. The van der Waals surface area contributed by atoms with Crippen LogP contribution in [0.25, 0.3) is 6.08 Å². The Kier molecular flexibility index (Phi) is 5.06. The molecule has 0 spiro atoms. The molecule has 0 unspecified atom stereocenters. The molecule has 4 N–H and O–H groups in total. The van der Waals surface area contributed by atoms with Crippen LogP contribution in [-0.4, -0.2) is 45.0 Å². The average Bonchev–Trinajstić information content (AvgIpc) is 2.99. The lowest BCUT2D eigenvalue weighted by atomic mass is 9.93. The van der Waals surface area contributed by atoms with E-state index in [1.54, 1.807) is 18.2 Å². The third-order valence-corrected chi connectivity index (χ3v) is 4.57. The van der Waals surface area contributed by atoms with E-state index >= 15 is 0 Å². The van der Waals surface area contributed by atoms with Crippen molar-refractivity contribution in [3.8, 4) is 23.0 Å². The van der Waals surface area contributed by atoms with Crippen molar-refractivity contribution in [3.05, 3.63) is 53.1 Å². The minimum atomic E-state index is -1.42. The third-order valence-electron chi connectivity index (χ3n) is 4.57. The lowest BCUT2D eigenvalue weighted by molar-refractivity contribution is -0.0765. The maximum atomic E-state index is 12.9. The molecule has 0 saturated heterocycles. The first-order valence-electron chi connectivity index (χ1n) is 8.66. The van der Waals surface area contributed by atoms with Crippen LogP contribution in [0.15, 0.2) is 36.4 Å². The second-order valence-electron chi connectivity index (χ2n) is 7.14. The fraction of sp³-hybridized carbons (Fsp3) is 0.286. The molecule has 0 amide bonds. The minimum Gasteiger partial charge on any atom is -0.508 e. The number of hydrogen-bond donors (Lipinski definition) is 4.